The smallest absolute Gasteiger partial charge is 0.144 e. The number of nitrogens with one attached hydrogen (secondary N) is 1. The van der Waals surface area contributed by atoms with Crippen molar-refractivity contribution in [1.29, 1.82) is 0 Å². The second-order valence-electron chi connectivity index (χ2n) is 4.72. The highest BCUT2D eigenvalue weighted by Crippen LogP contribution is 2.21. The molecule has 16 heavy (non-hydrogen) atoms. The third kappa shape index (κ3) is 5.92. The molecule has 5 nitrogen and oxygen atoms in total. The van der Waals surface area contributed by atoms with Crippen molar-refractivity contribution in [1.82, 2.24) is 5.32 Å². The van der Waals surface area contributed by atoms with E-state index in [1.165, 1.54) is 0 Å². The summed E-state index contributed by atoms with van der Waals surface area (Å²) < 4.78 is 5.12. The summed E-state index contributed by atoms with van der Waals surface area (Å²) in [7, 11) is 1.70. The lowest BCUT2D eigenvalue weighted by Gasteiger charge is -2.22. The zero-order valence-corrected chi connectivity index (χ0v) is 10.8. The summed E-state index contributed by atoms with van der Waals surface area (Å²) in [5, 5.41) is 15.0. The number of oxime groups is 1. The maximum absolute atomic E-state index is 8.61. The highest BCUT2D eigenvalue weighted by molar-refractivity contribution is 5.85. The van der Waals surface area contributed by atoms with Gasteiger partial charge in [0.1, 0.15) is 5.84 Å². The third-order valence-corrected chi connectivity index (χ3v) is 2.79. The van der Waals surface area contributed by atoms with Gasteiger partial charge in [0, 0.05) is 19.1 Å². The molecule has 0 fully saturated rings. The lowest BCUT2D eigenvalue weighted by molar-refractivity contribution is 0.117. The number of hydrogen-bond donors (Lipinski definition) is 3. The average Bonchev–Trinajstić information content (AvgIpc) is 2.26. The van der Waals surface area contributed by atoms with Crippen LogP contribution in [0.5, 0.6) is 0 Å². The van der Waals surface area contributed by atoms with Crippen LogP contribution in [0.1, 0.15) is 33.6 Å². The third-order valence-electron chi connectivity index (χ3n) is 2.79. The Kier molecular flexibility index (Phi) is 7.08. The second-order valence-corrected chi connectivity index (χ2v) is 4.72. The maximum Gasteiger partial charge on any atom is 0.144 e. The molecule has 1 unspecified atom stereocenters. The molecule has 1 atom stereocenters. The van der Waals surface area contributed by atoms with E-state index in [1.807, 2.05) is 20.8 Å². The van der Waals surface area contributed by atoms with E-state index in [0.29, 0.717) is 0 Å². The van der Waals surface area contributed by atoms with E-state index in [4.69, 9.17) is 15.7 Å². The van der Waals surface area contributed by atoms with Crippen molar-refractivity contribution in [3.05, 3.63) is 0 Å². The Morgan fingerprint density at radius 3 is 2.69 bits per heavy atom. The molecule has 0 aliphatic carbocycles. The highest BCUT2D eigenvalue weighted by Gasteiger charge is 2.22. The van der Waals surface area contributed by atoms with Gasteiger partial charge in [0.25, 0.3) is 0 Å². The molecular formula is C11H25N3O2. The fourth-order valence-electron chi connectivity index (χ4n) is 1.31. The van der Waals surface area contributed by atoms with Crippen molar-refractivity contribution in [2.24, 2.45) is 16.3 Å². The standard InChI is InChI=1S/C11H25N3O2/c1-9(16-4)8-13-7-5-6-11(2,3)10(12)14-15/h9,13,15H,5-8H2,1-4H3,(H2,12,14). The molecule has 0 aliphatic rings. The first-order valence-corrected chi connectivity index (χ1v) is 5.65. The lowest BCUT2D eigenvalue weighted by Crippen LogP contribution is -2.33. The Morgan fingerprint density at radius 2 is 2.19 bits per heavy atom. The molecule has 96 valence electrons. The Labute approximate surface area is 98.0 Å². The molecule has 0 aliphatic heterocycles. The predicted octanol–water partition coefficient (Wildman–Crippen LogP) is 1.16. The van der Waals surface area contributed by atoms with Crippen molar-refractivity contribution in [2.75, 3.05) is 20.2 Å². The highest BCUT2D eigenvalue weighted by atomic mass is 16.5. The number of hydrogen-bond acceptors (Lipinski definition) is 4. The van der Waals surface area contributed by atoms with Crippen molar-refractivity contribution < 1.29 is 9.94 Å². The maximum atomic E-state index is 8.61. The number of ether oxygens (including phenoxy) is 1. The molecule has 0 radical (unpaired) electrons. The summed E-state index contributed by atoms with van der Waals surface area (Å²) in [5.41, 5.74) is 5.35. The van der Waals surface area contributed by atoms with Crippen LogP contribution >= 0.6 is 0 Å². The van der Waals surface area contributed by atoms with Crippen LogP contribution in [0, 0.1) is 5.41 Å². The Morgan fingerprint density at radius 1 is 1.56 bits per heavy atom. The van der Waals surface area contributed by atoms with Crippen LogP contribution in [-0.2, 0) is 4.74 Å². The van der Waals surface area contributed by atoms with Crippen molar-refractivity contribution in [2.45, 2.75) is 39.7 Å². The molecular weight excluding hydrogens is 206 g/mol. The van der Waals surface area contributed by atoms with Gasteiger partial charge in [-0.05, 0) is 26.3 Å². The molecule has 0 heterocycles. The number of rotatable bonds is 8. The van der Waals surface area contributed by atoms with Gasteiger partial charge in [-0.3, -0.25) is 0 Å². The SMILES string of the molecule is COC(C)CNCCCC(C)(C)C(N)=NO. The topological polar surface area (TPSA) is 79.9 Å². The van der Waals surface area contributed by atoms with Gasteiger partial charge in [-0.15, -0.1) is 0 Å². The monoisotopic (exact) mass is 231 g/mol. The van der Waals surface area contributed by atoms with Gasteiger partial charge in [-0.2, -0.15) is 0 Å². The molecule has 0 saturated heterocycles. The molecule has 0 aromatic rings. The van der Waals surface area contributed by atoms with E-state index >= 15 is 0 Å². The minimum absolute atomic E-state index is 0.233. The first-order chi connectivity index (χ1) is 7.44. The van der Waals surface area contributed by atoms with Gasteiger partial charge in [-0.25, -0.2) is 0 Å². The Hall–Kier alpha value is -0.810. The van der Waals surface area contributed by atoms with Gasteiger partial charge in [0.05, 0.1) is 6.10 Å². The van der Waals surface area contributed by atoms with Crippen LogP contribution in [-0.4, -0.2) is 37.3 Å². The fourth-order valence-corrected chi connectivity index (χ4v) is 1.31. The summed E-state index contributed by atoms with van der Waals surface area (Å²) >= 11 is 0. The van der Waals surface area contributed by atoms with Crippen LogP contribution in [0.2, 0.25) is 0 Å². The Bertz CT molecular complexity index is 217. The van der Waals surface area contributed by atoms with E-state index < -0.39 is 0 Å². The quantitative estimate of drug-likeness (QED) is 0.192. The van der Waals surface area contributed by atoms with Crippen LogP contribution < -0.4 is 11.1 Å². The van der Waals surface area contributed by atoms with Crippen LogP contribution in [0.25, 0.3) is 0 Å². The van der Waals surface area contributed by atoms with Crippen LogP contribution in [0.15, 0.2) is 5.16 Å². The number of amidine groups is 1. The molecule has 0 spiro atoms. The van der Waals surface area contributed by atoms with E-state index in [1.54, 1.807) is 7.11 Å². The van der Waals surface area contributed by atoms with Crippen LogP contribution in [0.4, 0.5) is 0 Å². The van der Waals surface area contributed by atoms with Crippen molar-refractivity contribution >= 4 is 5.84 Å². The van der Waals surface area contributed by atoms with Gasteiger partial charge >= 0.3 is 0 Å². The normalized spacial score (nSPS) is 15.1. The largest absolute Gasteiger partial charge is 0.409 e. The zero-order valence-electron chi connectivity index (χ0n) is 10.8. The zero-order chi connectivity index (χ0) is 12.6. The molecule has 0 rings (SSSR count). The first-order valence-electron chi connectivity index (χ1n) is 5.65. The van der Waals surface area contributed by atoms with E-state index in [-0.39, 0.29) is 17.4 Å². The van der Waals surface area contributed by atoms with Gasteiger partial charge in [-0.1, -0.05) is 19.0 Å². The van der Waals surface area contributed by atoms with E-state index in [2.05, 4.69) is 10.5 Å². The van der Waals surface area contributed by atoms with E-state index in [0.717, 1.165) is 25.9 Å². The second kappa shape index (κ2) is 7.46. The number of methoxy groups -OCH3 is 1. The summed E-state index contributed by atoms with van der Waals surface area (Å²) in [6, 6.07) is 0. The summed E-state index contributed by atoms with van der Waals surface area (Å²) in [5.74, 6) is 0.290. The first kappa shape index (κ1) is 15.2. The summed E-state index contributed by atoms with van der Waals surface area (Å²) in [6.07, 6.45) is 2.11. The predicted molar refractivity (Wildman–Crippen MR) is 65.8 cm³/mol. The number of nitrogens with zero attached hydrogens (tertiary/aromatic N) is 1. The van der Waals surface area contributed by atoms with E-state index in [9.17, 15) is 0 Å². The van der Waals surface area contributed by atoms with Crippen molar-refractivity contribution in [3.8, 4) is 0 Å². The molecule has 0 saturated carbocycles. The fraction of sp³-hybridized carbons (Fsp3) is 0.909. The van der Waals surface area contributed by atoms with Crippen LogP contribution in [0.3, 0.4) is 0 Å². The molecule has 0 aromatic heterocycles. The van der Waals surface area contributed by atoms with Crippen molar-refractivity contribution in [3.63, 3.8) is 0 Å². The molecule has 0 amide bonds. The summed E-state index contributed by atoms with van der Waals surface area (Å²) in [4.78, 5) is 0. The summed E-state index contributed by atoms with van der Waals surface area (Å²) in [6.45, 7) is 7.73. The number of nitrogens with two attached hydrogens (primary N) is 1. The van der Waals surface area contributed by atoms with Gasteiger partial charge in [0.15, 0.2) is 0 Å². The lowest BCUT2D eigenvalue weighted by atomic mass is 9.86. The minimum Gasteiger partial charge on any atom is -0.409 e. The van der Waals surface area contributed by atoms with Gasteiger partial charge in [0.2, 0.25) is 0 Å². The van der Waals surface area contributed by atoms with Gasteiger partial charge < -0.3 is 21.0 Å². The average molecular weight is 231 g/mol. The molecule has 5 heteroatoms. The Balaban J connectivity index is 3.66. The molecule has 4 N–H and O–H groups in total. The molecule has 0 bridgehead atoms. The minimum atomic E-state index is -0.247. The molecule has 0 aromatic carbocycles.